The first-order valence-corrected chi connectivity index (χ1v) is 12.0. The molecule has 4 aromatic rings. The van der Waals surface area contributed by atoms with Gasteiger partial charge in [-0.05, 0) is 36.7 Å². The van der Waals surface area contributed by atoms with Gasteiger partial charge < -0.3 is 9.47 Å². The van der Waals surface area contributed by atoms with Crippen LogP contribution in [0.2, 0.25) is 0 Å². The quantitative estimate of drug-likeness (QED) is 0.422. The number of hydrogen-bond donors (Lipinski definition) is 1. The molecule has 0 fully saturated rings. The SMILES string of the molecule is CC1CN(C)Cc2c(c(OCC#N)nn2CCOF)/C=C/c2n[nH]c3cc(F)c(cc23)-c2cnn(C)c2O1. The highest BCUT2D eigenvalue weighted by Gasteiger charge is 2.23. The maximum atomic E-state index is 15.2. The van der Waals surface area contributed by atoms with Crippen molar-refractivity contribution in [1.82, 2.24) is 34.7 Å². The summed E-state index contributed by atoms with van der Waals surface area (Å²) >= 11 is 0. The van der Waals surface area contributed by atoms with E-state index in [1.165, 1.54) is 6.07 Å². The smallest absolute Gasteiger partial charge is 0.241 e. The van der Waals surface area contributed by atoms with Crippen LogP contribution >= 0.6 is 0 Å². The lowest BCUT2D eigenvalue weighted by atomic mass is 10.0. The maximum Gasteiger partial charge on any atom is 0.241 e. The first-order chi connectivity index (χ1) is 18.4. The first kappa shape index (κ1) is 25.4. The van der Waals surface area contributed by atoms with Gasteiger partial charge in [-0.25, -0.2) is 9.07 Å². The molecule has 1 atom stereocenters. The molecular weight excluding hydrogens is 498 g/mol. The lowest BCUT2D eigenvalue weighted by molar-refractivity contribution is -0.135. The highest BCUT2D eigenvalue weighted by molar-refractivity contribution is 5.93. The molecule has 0 radical (unpaired) electrons. The number of benzene rings is 1. The number of likely N-dealkylation sites (N-methyl/N-ethyl adjacent to an activating group) is 1. The Morgan fingerprint density at radius 1 is 1.26 bits per heavy atom. The van der Waals surface area contributed by atoms with E-state index in [-0.39, 0.29) is 31.7 Å². The molecule has 1 aliphatic rings. The highest BCUT2D eigenvalue weighted by atomic mass is 19.3. The Balaban J connectivity index is 1.69. The van der Waals surface area contributed by atoms with Crippen LogP contribution in [0.25, 0.3) is 34.2 Å². The average molecular weight is 525 g/mol. The second-order valence-corrected chi connectivity index (χ2v) is 9.08. The molecule has 4 heterocycles. The number of nitrogens with zero attached hydrogens (tertiary/aromatic N) is 7. The van der Waals surface area contributed by atoms with Crippen LogP contribution < -0.4 is 9.47 Å². The van der Waals surface area contributed by atoms with Crippen LogP contribution in [0.1, 0.15) is 23.9 Å². The summed E-state index contributed by atoms with van der Waals surface area (Å²) in [5.41, 5.74) is 3.28. The Morgan fingerprint density at radius 2 is 2.11 bits per heavy atom. The van der Waals surface area contributed by atoms with Crippen LogP contribution in [-0.2, 0) is 25.1 Å². The lowest BCUT2D eigenvalue weighted by Gasteiger charge is -2.23. The largest absolute Gasteiger partial charge is 0.473 e. The number of H-pyrrole nitrogens is 1. The van der Waals surface area contributed by atoms with Crippen molar-refractivity contribution < 1.29 is 23.3 Å². The van der Waals surface area contributed by atoms with Crippen molar-refractivity contribution in [2.45, 2.75) is 26.1 Å². The molecule has 0 amide bonds. The number of halogens is 2. The topological polar surface area (TPSA) is 119 Å². The minimum atomic E-state index is -0.436. The normalized spacial score (nSPS) is 16.8. The number of hydrogen-bond acceptors (Lipinski definition) is 8. The van der Waals surface area contributed by atoms with Crippen LogP contribution in [0.3, 0.4) is 0 Å². The van der Waals surface area contributed by atoms with E-state index in [4.69, 9.17) is 14.7 Å². The van der Waals surface area contributed by atoms with Crippen molar-refractivity contribution in [1.29, 1.82) is 5.26 Å². The van der Waals surface area contributed by atoms with E-state index in [1.54, 1.807) is 40.8 Å². The molecule has 1 aromatic carbocycles. The van der Waals surface area contributed by atoms with Crippen molar-refractivity contribution in [3.63, 3.8) is 0 Å². The Hall–Kier alpha value is -4.28. The molecular formula is C25H26F2N8O3. The first-order valence-electron chi connectivity index (χ1n) is 12.0. The van der Waals surface area contributed by atoms with Gasteiger partial charge in [0.15, 0.2) is 6.61 Å². The van der Waals surface area contributed by atoms with E-state index < -0.39 is 5.82 Å². The Morgan fingerprint density at radius 3 is 2.89 bits per heavy atom. The predicted molar refractivity (Wildman–Crippen MR) is 134 cm³/mol. The predicted octanol–water partition coefficient (Wildman–Crippen LogP) is 3.49. The van der Waals surface area contributed by atoms with Gasteiger partial charge in [0.1, 0.15) is 24.6 Å². The fraction of sp³-hybridized carbons (Fsp3) is 0.360. The van der Waals surface area contributed by atoms with E-state index >= 15 is 4.39 Å². The van der Waals surface area contributed by atoms with Gasteiger partial charge in [0.05, 0.1) is 40.8 Å². The highest BCUT2D eigenvalue weighted by Crippen LogP contribution is 2.36. The Labute approximate surface area is 216 Å². The maximum absolute atomic E-state index is 15.2. The van der Waals surface area contributed by atoms with Gasteiger partial charge in [-0.3, -0.25) is 14.7 Å². The molecule has 0 spiro atoms. The third-order valence-corrected chi connectivity index (χ3v) is 6.28. The zero-order chi connectivity index (χ0) is 26.8. The summed E-state index contributed by atoms with van der Waals surface area (Å²) in [5.74, 6) is 0.232. The molecule has 38 heavy (non-hydrogen) atoms. The van der Waals surface area contributed by atoms with Crippen molar-refractivity contribution in [3.05, 3.63) is 41.1 Å². The minimum absolute atomic E-state index is 0.134. The summed E-state index contributed by atoms with van der Waals surface area (Å²) in [4.78, 5) is 5.81. The fourth-order valence-corrected chi connectivity index (χ4v) is 4.63. The third-order valence-electron chi connectivity index (χ3n) is 6.28. The second-order valence-electron chi connectivity index (χ2n) is 9.08. The van der Waals surface area contributed by atoms with Crippen molar-refractivity contribution in [2.24, 2.45) is 7.05 Å². The van der Waals surface area contributed by atoms with Gasteiger partial charge >= 0.3 is 0 Å². The number of ether oxygens (including phenoxy) is 2. The number of nitriles is 1. The molecule has 1 N–H and O–H groups in total. The molecule has 5 rings (SSSR count). The molecule has 1 unspecified atom stereocenters. The summed E-state index contributed by atoms with van der Waals surface area (Å²) in [6.45, 7) is 2.53. The Kier molecular flexibility index (Phi) is 7.08. The molecule has 2 bridgehead atoms. The number of aromatic amines is 1. The van der Waals surface area contributed by atoms with E-state index in [0.29, 0.717) is 52.3 Å². The zero-order valence-corrected chi connectivity index (χ0v) is 21.1. The third kappa shape index (κ3) is 4.83. The zero-order valence-electron chi connectivity index (χ0n) is 21.1. The molecule has 0 saturated carbocycles. The van der Waals surface area contributed by atoms with Gasteiger partial charge in [0, 0.05) is 37.2 Å². The Bertz CT molecular complexity index is 1530. The molecule has 13 heteroatoms. The molecule has 198 valence electrons. The van der Waals surface area contributed by atoms with E-state index in [0.717, 1.165) is 5.69 Å². The second kappa shape index (κ2) is 10.6. The summed E-state index contributed by atoms with van der Waals surface area (Å²) in [6.07, 6.45) is 4.83. The molecule has 0 saturated heterocycles. The summed E-state index contributed by atoms with van der Waals surface area (Å²) < 4.78 is 42.9. The van der Waals surface area contributed by atoms with Crippen molar-refractivity contribution >= 4 is 23.1 Å². The van der Waals surface area contributed by atoms with Crippen LogP contribution in [0, 0.1) is 17.1 Å². The van der Waals surface area contributed by atoms with Crippen LogP contribution in [0.4, 0.5) is 8.92 Å². The van der Waals surface area contributed by atoms with Crippen molar-refractivity contribution in [3.8, 4) is 29.0 Å². The average Bonchev–Trinajstić information content (AvgIpc) is 3.54. The number of rotatable bonds is 5. The van der Waals surface area contributed by atoms with Crippen LogP contribution in [-0.4, -0.2) is 67.6 Å². The van der Waals surface area contributed by atoms with E-state index in [9.17, 15) is 4.53 Å². The molecule has 3 aromatic heterocycles. The number of aryl methyl sites for hydroxylation is 1. The lowest BCUT2D eigenvalue weighted by Crippen LogP contribution is -2.32. The summed E-state index contributed by atoms with van der Waals surface area (Å²) in [6, 6.07) is 5.05. The van der Waals surface area contributed by atoms with Gasteiger partial charge in [-0.1, -0.05) is 0 Å². The van der Waals surface area contributed by atoms with Gasteiger partial charge in [-0.15, -0.1) is 5.10 Å². The van der Waals surface area contributed by atoms with E-state index in [2.05, 4.69) is 25.3 Å². The van der Waals surface area contributed by atoms with Gasteiger partial charge in [0.2, 0.25) is 11.8 Å². The minimum Gasteiger partial charge on any atom is -0.473 e. The fourth-order valence-electron chi connectivity index (χ4n) is 4.63. The number of aromatic nitrogens is 6. The summed E-state index contributed by atoms with van der Waals surface area (Å²) in [7, 11) is 3.65. The van der Waals surface area contributed by atoms with Crippen molar-refractivity contribution in [2.75, 3.05) is 26.8 Å². The van der Waals surface area contributed by atoms with E-state index in [1.807, 2.05) is 24.9 Å². The monoisotopic (exact) mass is 524 g/mol. The van der Waals surface area contributed by atoms with Crippen LogP contribution in [0.15, 0.2) is 18.3 Å². The molecule has 1 aliphatic heterocycles. The summed E-state index contributed by atoms with van der Waals surface area (Å²) in [5, 5.41) is 25.8. The van der Waals surface area contributed by atoms with Gasteiger partial charge in [0.25, 0.3) is 0 Å². The van der Waals surface area contributed by atoms with Crippen LogP contribution in [0.5, 0.6) is 11.8 Å². The molecule has 11 nitrogen and oxygen atoms in total. The van der Waals surface area contributed by atoms with Gasteiger partial charge in [-0.2, -0.15) is 20.4 Å². The number of nitrogens with one attached hydrogen (secondary N) is 1. The standard InChI is InChI=1S/C25H26F2N8O3/c1-15-13-33(2)14-23-16(24(36-8-6-28)32-35(23)7-9-37-27)4-5-21-18-10-17(20(26)11-22(18)31-30-21)19-12-29-34(3)25(19)38-15/h4-5,10-12,15H,7-9,13-14H2,1-3H3,(H,30,31)/b5-4+. The molecule has 0 aliphatic carbocycles. The number of fused-ring (bicyclic) bond motifs is 4.